The van der Waals surface area contributed by atoms with Gasteiger partial charge in [-0.3, -0.25) is 0 Å². The second-order valence-corrected chi connectivity index (χ2v) is 4.98. The lowest BCUT2D eigenvalue weighted by Gasteiger charge is -2.07. The van der Waals surface area contributed by atoms with Gasteiger partial charge in [0.05, 0.1) is 25.8 Å². The lowest BCUT2D eigenvalue weighted by atomic mass is 10.1. The van der Waals surface area contributed by atoms with Crippen molar-refractivity contribution in [2.45, 2.75) is 13.5 Å². The van der Waals surface area contributed by atoms with E-state index in [-0.39, 0.29) is 29.9 Å². The van der Waals surface area contributed by atoms with Crippen molar-refractivity contribution in [3.05, 3.63) is 59.7 Å². The average Bonchev–Trinajstić information content (AvgIpc) is 2.61. The zero-order valence-corrected chi connectivity index (χ0v) is 16.5. The van der Waals surface area contributed by atoms with E-state index in [1.165, 1.54) is 0 Å². The van der Waals surface area contributed by atoms with E-state index in [2.05, 4.69) is 10.3 Å². The van der Waals surface area contributed by atoms with Crippen LogP contribution in [0.4, 0.5) is 5.69 Å². The van der Waals surface area contributed by atoms with E-state index in [0.717, 1.165) is 17.0 Å². The van der Waals surface area contributed by atoms with Crippen molar-refractivity contribution >= 4 is 41.6 Å². The molecular formula is C18H22IN3O3. The van der Waals surface area contributed by atoms with Crippen molar-refractivity contribution in [2.75, 3.05) is 19.0 Å². The largest absolute Gasteiger partial charge is 0.497 e. The van der Waals surface area contributed by atoms with Gasteiger partial charge in [-0.15, -0.1) is 24.0 Å². The molecule has 0 heterocycles. The molecule has 25 heavy (non-hydrogen) atoms. The molecule has 0 aliphatic heterocycles. The van der Waals surface area contributed by atoms with Gasteiger partial charge in [-0.05, 0) is 36.8 Å². The third-order valence-electron chi connectivity index (χ3n) is 3.24. The average molecular weight is 455 g/mol. The third kappa shape index (κ3) is 6.61. The molecule has 0 aromatic heterocycles. The number of aliphatic imine (C=N–C) groups is 1. The monoisotopic (exact) mass is 455 g/mol. The van der Waals surface area contributed by atoms with Crippen molar-refractivity contribution < 1.29 is 14.3 Å². The summed E-state index contributed by atoms with van der Waals surface area (Å²) in [4.78, 5) is 15.9. The second-order valence-electron chi connectivity index (χ2n) is 4.98. The number of carbonyl (C=O) groups excluding carboxylic acids is 1. The number of benzene rings is 2. The summed E-state index contributed by atoms with van der Waals surface area (Å²) in [5, 5.41) is 3.01. The highest BCUT2D eigenvalue weighted by Gasteiger charge is 2.05. The standard InChI is InChI=1S/C18H21N3O3.HI/c1-3-24-17(22)14-9-7-13(8-10-14)12-20-18(19)21-15-5-4-6-16(11-15)23-2;/h4-11H,3,12H2,1-2H3,(H3,19,20,21);1H. The molecule has 0 spiro atoms. The van der Waals surface area contributed by atoms with Crippen LogP contribution >= 0.6 is 24.0 Å². The molecule has 134 valence electrons. The van der Waals surface area contributed by atoms with Gasteiger partial charge in [-0.2, -0.15) is 0 Å². The number of ether oxygens (including phenoxy) is 2. The highest BCUT2D eigenvalue weighted by molar-refractivity contribution is 14.0. The van der Waals surface area contributed by atoms with Gasteiger partial charge in [-0.1, -0.05) is 18.2 Å². The maximum atomic E-state index is 11.6. The smallest absolute Gasteiger partial charge is 0.338 e. The second kappa shape index (κ2) is 10.5. The molecule has 2 aromatic rings. The SMILES string of the molecule is CCOC(=O)c1ccc(CN=C(N)Nc2cccc(OC)c2)cc1.I. The Balaban J connectivity index is 0.00000312. The molecule has 0 saturated heterocycles. The number of guanidine groups is 1. The van der Waals surface area contributed by atoms with Crippen LogP contribution in [0.3, 0.4) is 0 Å². The molecule has 0 aliphatic rings. The summed E-state index contributed by atoms with van der Waals surface area (Å²) >= 11 is 0. The van der Waals surface area contributed by atoms with Gasteiger partial charge in [-0.25, -0.2) is 9.79 Å². The maximum absolute atomic E-state index is 11.6. The van der Waals surface area contributed by atoms with E-state index in [1.54, 1.807) is 26.2 Å². The molecule has 0 radical (unpaired) electrons. The zero-order chi connectivity index (χ0) is 17.4. The highest BCUT2D eigenvalue weighted by Crippen LogP contribution is 2.16. The molecule has 0 atom stereocenters. The van der Waals surface area contributed by atoms with E-state index >= 15 is 0 Å². The molecule has 0 unspecified atom stereocenters. The van der Waals surface area contributed by atoms with Gasteiger partial charge in [0.1, 0.15) is 5.75 Å². The Morgan fingerprint density at radius 2 is 1.92 bits per heavy atom. The fourth-order valence-corrected chi connectivity index (χ4v) is 2.03. The summed E-state index contributed by atoms with van der Waals surface area (Å²) in [6.07, 6.45) is 0. The first-order valence-corrected chi connectivity index (χ1v) is 7.59. The molecule has 3 N–H and O–H groups in total. The Hall–Kier alpha value is -2.29. The number of nitrogens with zero attached hydrogens (tertiary/aromatic N) is 1. The molecule has 0 bridgehead atoms. The molecule has 6 nitrogen and oxygen atoms in total. The molecule has 0 amide bonds. The predicted molar refractivity (Wildman–Crippen MR) is 110 cm³/mol. The summed E-state index contributed by atoms with van der Waals surface area (Å²) in [6.45, 7) is 2.54. The van der Waals surface area contributed by atoms with Crippen molar-refractivity contribution in [3.8, 4) is 5.75 Å². The van der Waals surface area contributed by atoms with Gasteiger partial charge in [0.15, 0.2) is 5.96 Å². The van der Waals surface area contributed by atoms with Gasteiger partial charge in [0.25, 0.3) is 0 Å². The predicted octanol–water partition coefficient (Wildman–Crippen LogP) is 3.42. The van der Waals surface area contributed by atoms with E-state index < -0.39 is 0 Å². The fraction of sp³-hybridized carbons (Fsp3) is 0.222. The van der Waals surface area contributed by atoms with Crippen LogP contribution in [0.2, 0.25) is 0 Å². The maximum Gasteiger partial charge on any atom is 0.338 e. The van der Waals surface area contributed by atoms with Crippen molar-refractivity contribution in [1.29, 1.82) is 0 Å². The molecule has 2 rings (SSSR count). The van der Waals surface area contributed by atoms with Gasteiger partial charge >= 0.3 is 5.97 Å². The van der Waals surface area contributed by atoms with Gasteiger partial charge in [0, 0.05) is 11.8 Å². The molecule has 2 aromatic carbocycles. The molecule has 0 fully saturated rings. The summed E-state index contributed by atoms with van der Waals surface area (Å²) in [5.41, 5.74) is 8.15. The van der Waals surface area contributed by atoms with Crippen LogP contribution < -0.4 is 15.8 Å². The zero-order valence-electron chi connectivity index (χ0n) is 14.2. The molecule has 0 aliphatic carbocycles. The highest BCUT2D eigenvalue weighted by atomic mass is 127. The number of anilines is 1. The Morgan fingerprint density at radius 3 is 2.56 bits per heavy atom. The summed E-state index contributed by atoms with van der Waals surface area (Å²) < 4.78 is 10.1. The minimum Gasteiger partial charge on any atom is -0.497 e. The van der Waals surface area contributed by atoms with E-state index in [9.17, 15) is 4.79 Å². The molecule has 7 heteroatoms. The Kier molecular flexibility index (Phi) is 8.76. The van der Waals surface area contributed by atoms with Crippen molar-refractivity contribution in [3.63, 3.8) is 0 Å². The van der Waals surface area contributed by atoms with Crippen LogP contribution in [0.1, 0.15) is 22.8 Å². The summed E-state index contributed by atoms with van der Waals surface area (Å²) in [7, 11) is 1.61. The number of halogens is 1. The van der Waals surface area contributed by atoms with Gasteiger partial charge in [0.2, 0.25) is 0 Å². The third-order valence-corrected chi connectivity index (χ3v) is 3.24. The Bertz CT molecular complexity index is 718. The van der Waals surface area contributed by atoms with E-state index in [1.807, 2.05) is 36.4 Å². The quantitative estimate of drug-likeness (QED) is 0.302. The number of carbonyl (C=O) groups is 1. The van der Waals surface area contributed by atoms with Crippen LogP contribution in [-0.2, 0) is 11.3 Å². The van der Waals surface area contributed by atoms with E-state index in [4.69, 9.17) is 15.2 Å². The normalized spacial score (nSPS) is 10.6. The van der Waals surface area contributed by atoms with Crippen LogP contribution in [-0.4, -0.2) is 25.6 Å². The number of nitrogens with two attached hydrogens (primary N) is 1. The van der Waals surface area contributed by atoms with Crippen molar-refractivity contribution in [1.82, 2.24) is 0 Å². The minimum atomic E-state index is -0.327. The Morgan fingerprint density at radius 1 is 1.20 bits per heavy atom. The first-order chi connectivity index (χ1) is 11.6. The first-order valence-electron chi connectivity index (χ1n) is 7.59. The van der Waals surface area contributed by atoms with Crippen molar-refractivity contribution in [2.24, 2.45) is 10.7 Å². The first kappa shape index (κ1) is 20.8. The Labute approximate surface area is 164 Å². The van der Waals surface area contributed by atoms with E-state index in [0.29, 0.717) is 24.7 Å². The number of esters is 1. The number of nitrogens with one attached hydrogen (secondary N) is 1. The molecule has 0 saturated carbocycles. The van der Waals surface area contributed by atoms with Crippen LogP contribution in [0.15, 0.2) is 53.5 Å². The summed E-state index contributed by atoms with van der Waals surface area (Å²) in [6, 6.07) is 14.5. The number of hydrogen-bond donors (Lipinski definition) is 2. The number of rotatable bonds is 6. The van der Waals surface area contributed by atoms with Crippen LogP contribution in [0.5, 0.6) is 5.75 Å². The fourth-order valence-electron chi connectivity index (χ4n) is 2.03. The topological polar surface area (TPSA) is 85.9 Å². The van der Waals surface area contributed by atoms with Gasteiger partial charge < -0.3 is 20.5 Å². The van der Waals surface area contributed by atoms with Crippen LogP contribution in [0, 0.1) is 0 Å². The van der Waals surface area contributed by atoms with Crippen LogP contribution in [0.25, 0.3) is 0 Å². The number of hydrogen-bond acceptors (Lipinski definition) is 4. The number of methoxy groups -OCH3 is 1. The minimum absolute atomic E-state index is 0. The summed E-state index contributed by atoms with van der Waals surface area (Å²) in [5.74, 6) is 0.715. The molecular weight excluding hydrogens is 433 g/mol. The lowest BCUT2D eigenvalue weighted by molar-refractivity contribution is 0.0526. The lowest BCUT2D eigenvalue weighted by Crippen LogP contribution is -2.22.